The SMILES string of the molecule is COC[C@@H]1C[C@H](F)[C@H]([NH2+]c2ncncc2C(=O)c2ccn(Cc3ccc(F)c(Cl)c3)n2)C1. The second-order valence-electron chi connectivity index (χ2n) is 7.94. The minimum absolute atomic E-state index is 0.0263. The number of quaternary nitrogens is 1. The Morgan fingerprint density at radius 1 is 1.34 bits per heavy atom. The van der Waals surface area contributed by atoms with Gasteiger partial charge in [0, 0.05) is 32.5 Å². The molecule has 0 radical (unpaired) electrons. The van der Waals surface area contributed by atoms with E-state index in [2.05, 4.69) is 15.1 Å². The summed E-state index contributed by atoms with van der Waals surface area (Å²) < 4.78 is 34.6. The van der Waals surface area contributed by atoms with Gasteiger partial charge in [-0.05, 0) is 36.1 Å². The topological polar surface area (TPSA) is 86.5 Å². The van der Waals surface area contributed by atoms with Crippen LogP contribution in [0.3, 0.4) is 0 Å². The lowest BCUT2D eigenvalue weighted by atomic mass is 10.1. The molecule has 32 heavy (non-hydrogen) atoms. The van der Waals surface area contributed by atoms with Crippen molar-refractivity contribution >= 4 is 23.2 Å². The van der Waals surface area contributed by atoms with Gasteiger partial charge < -0.3 is 4.74 Å². The zero-order valence-corrected chi connectivity index (χ0v) is 18.2. The predicted molar refractivity (Wildman–Crippen MR) is 113 cm³/mol. The van der Waals surface area contributed by atoms with Crippen molar-refractivity contribution in [3.63, 3.8) is 0 Å². The number of halogens is 3. The third kappa shape index (κ3) is 5.01. The molecule has 0 saturated heterocycles. The van der Waals surface area contributed by atoms with Crippen LogP contribution in [0.2, 0.25) is 5.02 Å². The zero-order chi connectivity index (χ0) is 22.7. The Labute approximate surface area is 188 Å². The lowest BCUT2D eigenvalue weighted by Crippen LogP contribution is -2.86. The summed E-state index contributed by atoms with van der Waals surface area (Å²) in [5, 5.41) is 6.07. The molecule has 3 atom stereocenters. The lowest BCUT2D eigenvalue weighted by molar-refractivity contribution is -0.619. The van der Waals surface area contributed by atoms with E-state index in [1.807, 2.05) is 0 Å². The molecule has 0 aliphatic heterocycles. The molecule has 1 aliphatic rings. The Balaban J connectivity index is 1.49. The van der Waals surface area contributed by atoms with Crippen molar-refractivity contribution in [2.24, 2.45) is 5.92 Å². The fourth-order valence-electron chi connectivity index (χ4n) is 4.05. The number of hydrogen-bond donors (Lipinski definition) is 1. The average Bonchev–Trinajstić information content (AvgIpc) is 3.37. The second kappa shape index (κ2) is 9.81. The van der Waals surface area contributed by atoms with Crippen molar-refractivity contribution in [1.29, 1.82) is 0 Å². The maximum atomic E-state index is 14.5. The highest BCUT2D eigenvalue weighted by Crippen LogP contribution is 2.27. The third-order valence-corrected chi connectivity index (χ3v) is 5.88. The van der Waals surface area contributed by atoms with E-state index in [4.69, 9.17) is 16.3 Å². The molecular weight excluding hydrogens is 440 g/mol. The molecule has 2 heterocycles. The molecule has 7 nitrogen and oxygen atoms in total. The normalized spacial score (nSPS) is 20.6. The van der Waals surface area contributed by atoms with Gasteiger partial charge >= 0.3 is 0 Å². The summed E-state index contributed by atoms with van der Waals surface area (Å²) in [6.45, 7) is 0.834. The highest BCUT2D eigenvalue weighted by Gasteiger charge is 2.38. The highest BCUT2D eigenvalue weighted by molar-refractivity contribution is 6.30. The summed E-state index contributed by atoms with van der Waals surface area (Å²) in [4.78, 5) is 21.3. The van der Waals surface area contributed by atoms with Crippen molar-refractivity contribution in [2.45, 2.75) is 31.6 Å². The first-order valence-electron chi connectivity index (χ1n) is 10.2. The molecule has 0 bridgehead atoms. The molecule has 10 heteroatoms. The molecule has 0 amide bonds. The van der Waals surface area contributed by atoms with Crippen molar-refractivity contribution in [3.05, 3.63) is 70.6 Å². The van der Waals surface area contributed by atoms with Crippen LogP contribution in [0.25, 0.3) is 0 Å². The van der Waals surface area contributed by atoms with Crippen LogP contribution in [0.4, 0.5) is 14.6 Å². The fourth-order valence-corrected chi connectivity index (χ4v) is 4.25. The van der Waals surface area contributed by atoms with Crippen LogP contribution in [0, 0.1) is 11.7 Å². The number of carbonyl (C=O) groups excluding carboxylic acids is 1. The Morgan fingerprint density at radius 2 is 2.19 bits per heavy atom. The van der Waals surface area contributed by atoms with Gasteiger partial charge in [0.2, 0.25) is 11.6 Å². The van der Waals surface area contributed by atoms with Crippen LogP contribution < -0.4 is 5.32 Å². The van der Waals surface area contributed by atoms with Crippen LogP contribution >= 0.6 is 11.6 Å². The molecule has 168 valence electrons. The molecule has 3 aromatic rings. The predicted octanol–water partition coefficient (Wildman–Crippen LogP) is 2.70. The molecule has 4 rings (SSSR count). The first kappa shape index (κ1) is 22.4. The van der Waals surface area contributed by atoms with Crippen LogP contribution in [0.5, 0.6) is 0 Å². The summed E-state index contributed by atoms with van der Waals surface area (Å²) in [6.07, 6.45) is 4.49. The number of methoxy groups -OCH3 is 1. The number of alkyl halides is 1. The average molecular weight is 463 g/mol. The van der Waals surface area contributed by atoms with E-state index >= 15 is 0 Å². The molecule has 1 fully saturated rings. The quantitative estimate of drug-likeness (QED) is 0.520. The molecule has 0 spiro atoms. The van der Waals surface area contributed by atoms with Crippen LogP contribution in [-0.4, -0.2) is 51.5 Å². The first-order chi connectivity index (χ1) is 15.4. The molecular formula is C22H23ClF2N5O2+. The van der Waals surface area contributed by atoms with E-state index in [0.717, 1.165) is 5.56 Å². The maximum absolute atomic E-state index is 14.5. The Hall–Kier alpha value is -2.75. The Kier molecular flexibility index (Phi) is 6.88. The number of rotatable bonds is 8. The van der Waals surface area contributed by atoms with Gasteiger partial charge in [-0.25, -0.2) is 13.8 Å². The van der Waals surface area contributed by atoms with Gasteiger partial charge in [0.15, 0.2) is 6.17 Å². The smallest absolute Gasteiger partial charge is 0.239 e. The van der Waals surface area contributed by atoms with Gasteiger partial charge in [-0.1, -0.05) is 17.7 Å². The molecule has 1 saturated carbocycles. The molecule has 1 aliphatic carbocycles. The van der Waals surface area contributed by atoms with Gasteiger partial charge in [-0.3, -0.25) is 14.8 Å². The second-order valence-corrected chi connectivity index (χ2v) is 8.34. The number of nitrogens with zero attached hydrogens (tertiary/aromatic N) is 4. The molecule has 1 aromatic carbocycles. The van der Waals surface area contributed by atoms with Gasteiger partial charge in [0.25, 0.3) is 0 Å². The number of aromatic nitrogens is 4. The van der Waals surface area contributed by atoms with E-state index in [-0.39, 0.29) is 34.0 Å². The van der Waals surface area contributed by atoms with Crippen LogP contribution in [0.1, 0.15) is 34.5 Å². The monoisotopic (exact) mass is 462 g/mol. The maximum Gasteiger partial charge on any atom is 0.239 e. The van der Waals surface area contributed by atoms with Gasteiger partial charge in [-0.15, -0.1) is 0 Å². The number of nitrogens with two attached hydrogens (primary N) is 1. The van der Waals surface area contributed by atoms with E-state index in [1.54, 1.807) is 35.4 Å². The summed E-state index contributed by atoms with van der Waals surface area (Å²) in [7, 11) is 1.61. The van der Waals surface area contributed by atoms with Gasteiger partial charge in [0.05, 0.1) is 11.6 Å². The number of ether oxygens (including phenoxy) is 1. The number of carbonyl (C=O) groups is 1. The van der Waals surface area contributed by atoms with Crippen LogP contribution in [-0.2, 0) is 11.3 Å². The molecule has 0 unspecified atom stereocenters. The van der Waals surface area contributed by atoms with Crippen LogP contribution in [0.15, 0.2) is 43.0 Å². The van der Waals surface area contributed by atoms with Crippen molar-refractivity contribution in [1.82, 2.24) is 19.7 Å². The summed E-state index contributed by atoms with van der Waals surface area (Å²) in [5.41, 5.74) is 1.23. The van der Waals surface area contributed by atoms with E-state index in [9.17, 15) is 13.6 Å². The minimum Gasteiger partial charge on any atom is -0.384 e. The largest absolute Gasteiger partial charge is 0.384 e. The summed E-state index contributed by atoms with van der Waals surface area (Å²) in [5.74, 6) is -0.302. The van der Waals surface area contributed by atoms with Gasteiger partial charge in [0.1, 0.15) is 29.4 Å². The summed E-state index contributed by atoms with van der Waals surface area (Å²) >= 11 is 5.83. The fraction of sp³-hybridized carbons (Fsp3) is 0.364. The Morgan fingerprint density at radius 3 is 2.97 bits per heavy atom. The van der Waals surface area contributed by atoms with Gasteiger partial charge in [-0.2, -0.15) is 10.1 Å². The van der Waals surface area contributed by atoms with Crippen molar-refractivity contribution in [3.8, 4) is 0 Å². The third-order valence-electron chi connectivity index (χ3n) is 5.59. The van der Waals surface area contributed by atoms with E-state index < -0.39 is 12.0 Å². The van der Waals surface area contributed by atoms with Crippen molar-refractivity contribution in [2.75, 3.05) is 13.7 Å². The standard InChI is InChI=1S/C22H22ClF2N5O2/c1-32-11-14-7-18(25)20(8-14)28-22-15(9-26-12-27-22)21(31)19-4-5-30(29-19)10-13-2-3-17(24)16(23)6-13/h2-6,9,12,14,18,20H,7-8,10-11H2,1H3,(H,26,27,28)/p+1/t14-,18+,20-/m1/s1. The zero-order valence-electron chi connectivity index (χ0n) is 17.4. The number of ketones is 1. The summed E-state index contributed by atoms with van der Waals surface area (Å²) in [6, 6.07) is 5.66. The van der Waals surface area contributed by atoms with E-state index in [0.29, 0.717) is 31.8 Å². The van der Waals surface area contributed by atoms with E-state index in [1.165, 1.54) is 24.7 Å². The molecule has 2 aromatic heterocycles. The highest BCUT2D eigenvalue weighted by atomic mass is 35.5. The minimum atomic E-state index is -1.00. The molecule has 2 N–H and O–H groups in total. The van der Waals surface area contributed by atoms with Crippen molar-refractivity contribution < 1.29 is 23.6 Å². The number of benzene rings is 1. The lowest BCUT2D eigenvalue weighted by Gasteiger charge is -2.12. The Bertz CT molecular complexity index is 1110. The number of hydrogen-bond acceptors (Lipinski definition) is 5. The first-order valence-corrected chi connectivity index (χ1v) is 10.6.